The van der Waals surface area contributed by atoms with Crippen molar-refractivity contribution in [1.82, 2.24) is 0 Å². The summed E-state index contributed by atoms with van der Waals surface area (Å²) < 4.78 is 0. The second-order valence-electron chi connectivity index (χ2n) is 4.92. The summed E-state index contributed by atoms with van der Waals surface area (Å²) in [5.74, 6) is 0.910. The number of aryl methyl sites for hydroxylation is 2. The molecule has 2 aromatic carbocycles. The highest BCUT2D eigenvalue weighted by molar-refractivity contribution is 7.98. The fourth-order valence-corrected chi connectivity index (χ4v) is 3.34. The maximum absolute atomic E-state index is 8.67. The molecular weight excluding hydrogens is 304 g/mol. The second kappa shape index (κ2) is 6.87. The molecule has 0 aliphatic rings. The van der Waals surface area contributed by atoms with Crippen LogP contribution in [0.5, 0.6) is 0 Å². The molecule has 3 N–H and O–H groups in total. The third kappa shape index (κ3) is 4.16. The molecule has 2 aromatic rings. The molecule has 0 aliphatic heterocycles. The van der Waals surface area contributed by atoms with Gasteiger partial charge in [-0.05, 0) is 37.6 Å². The Kier molecular flexibility index (Phi) is 5.15. The van der Waals surface area contributed by atoms with Crippen LogP contribution >= 0.6 is 23.4 Å². The van der Waals surface area contributed by atoms with Crippen LogP contribution < -0.4 is 5.73 Å². The molecule has 0 unspecified atom stereocenters. The zero-order chi connectivity index (χ0) is 15.4. The summed E-state index contributed by atoms with van der Waals surface area (Å²) in [6, 6.07) is 11.9. The van der Waals surface area contributed by atoms with E-state index >= 15 is 0 Å². The Balaban J connectivity index is 2.13. The Hall–Kier alpha value is -1.65. The van der Waals surface area contributed by atoms with Crippen molar-refractivity contribution in [3.05, 3.63) is 63.7 Å². The van der Waals surface area contributed by atoms with Crippen LogP contribution in [-0.4, -0.2) is 11.0 Å². The van der Waals surface area contributed by atoms with Crippen molar-refractivity contribution >= 4 is 29.2 Å². The minimum absolute atomic E-state index is 0.0581. The van der Waals surface area contributed by atoms with Gasteiger partial charge in [0.15, 0.2) is 5.84 Å². The van der Waals surface area contributed by atoms with E-state index in [2.05, 4.69) is 37.2 Å². The first-order chi connectivity index (χ1) is 9.99. The van der Waals surface area contributed by atoms with Gasteiger partial charge in [0.05, 0.1) is 5.02 Å². The fraction of sp³-hybridized carbons (Fsp3) is 0.188. The number of thioether (sulfide) groups is 1. The highest BCUT2D eigenvalue weighted by Crippen LogP contribution is 2.31. The monoisotopic (exact) mass is 320 g/mol. The molecule has 5 heteroatoms. The number of nitrogens with zero attached hydrogens (tertiary/aromatic N) is 1. The van der Waals surface area contributed by atoms with Crippen molar-refractivity contribution < 1.29 is 5.21 Å². The third-order valence-electron chi connectivity index (χ3n) is 3.01. The van der Waals surface area contributed by atoms with E-state index in [1.807, 2.05) is 6.07 Å². The van der Waals surface area contributed by atoms with Gasteiger partial charge in [0.25, 0.3) is 0 Å². The molecule has 0 spiro atoms. The average Bonchev–Trinajstić information content (AvgIpc) is 2.44. The lowest BCUT2D eigenvalue weighted by Crippen LogP contribution is -2.12. The average molecular weight is 321 g/mol. The summed E-state index contributed by atoms with van der Waals surface area (Å²) >= 11 is 7.92. The Morgan fingerprint density at radius 1 is 1.19 bits per heavy atom. The molecule has 0 bridgehead atoms. The first-order valence-corrected chi connectivity index (χ1v) is 7.83. The van der Waals surface area contributed by atoms with Crippen LogP contribution in [0.25, 0.3) is 0 Å². The Morgan fingerprint density at radius 2 is 1.86 bits per heavy atom. The van der Waals surface area contributed by atoms with Crippen molar-refractivity contribution in [2.75, 3.05) is 0 Å². The molecule has 110 valence electrons. The van der Waals surface area contributed by atoms with Gasteiger partial charge in [-0.25, -0.2) is 0 Å². The number of halogens is 1. The molecule has 0 saturated carbocycles. The first kappa shape index (κ1) is 15.7. The number of hydrogen-bond acceptors (Lipinski definition) is 3. The smallest absolute Gasteiger partial charge is 0.170 e. The van der Waals surface area contributed by atoms with Gasteiger partial charge >= 0.3 is 0 Å². The van der Waals surface area contributed by atoms with Gasteiger partial charge in [-0.1, -0.05) is 46.1 Å². The molecule has 0 radical (unpaired) electrons. The number of benzene rings is 2. The lowest BCUT2D eigenvalue weighted by Gasteiger charge is -2.08. The zero-order valence-electron chi connectivity index (χ0n) is 11.9. The van der Waals surface area contributed by atoms with Crippen LogP contribution in [0.15, 0.2) is 46.4 Å². The Morgan fingerprint density at radius 3 is 2.43 bits per heavy atom. The van der Waals surface area contributed by atoms with E-state index in [1.54, 1.807) is 23.9 Å². The van der Waals surface area contributed by atoms with Crippen LogP contribution in [0.1, 0.15) is 22.3 Å². The maximum Gasteiger partial charge on any atom is 0.170 e. The molecule has 21 heavy (non-hydrogen) atoms. The van der Waals surface area contributed by atoms with Gasteiger partial charge in [0.2, 0.25) is 0 Å². The lowest BCUT2D eigenvalue weighted by molar-refractivity contribution is 0.318. The quantitative estimate of drug-likeness (QED) is 0.289. The molecule has 0 heterocycles. The molecule has 0 atom stereocenters. The van der Waals surface area contributed by atoms with Crippen LogP contribution in [0.3, 0.4) is 0 Å². The number of amidine groups is 1. The van der Waals surface area contributed by atoms with Gasteiger partial charge in [0.1, 0.15) is 0 Å². The Bertz CT molecular complexity index is 666. The van der Waals surface area contributed by atoms with Crippen LogP contribution in [-0.2, 0) is 5.75 Å². The summed E-state index contributed by atoms with van der Waals surface area (Å²) in [6.07, 6.45) is 0. The molecule has 0 saturated heterocycles. The van der Waals surface area contributed by atoms with Crippen LogP contribution in [0, 0.1) is 13.8 Å². The fourth-order valence-electron chi connectivity index (χ4n) is 2.15. The predicted molar refractivity (Wildman–Crippen MR) is 89.4 cm³/mol. The van der Waals surface area contributed by atoms with Gasteiger partial charge in [-0.3, -0.25) is 0 Å². The molecule has 2 rings (SSSR count). The molecule has 0 amide bonds. The third-order valence-corrected chi connectivity index (χ3v) is 4.58. The molecule has 0 fully saturated rings. The summed E-state index contributed by atoms with van der Waals surface area (Å²) in [5, 5.41) is 12.2. The van der Waals surface area contributed by atoms with Crippen molar-refractivity contribution in [2.24, 2.45) is 10.9 Å². The number of oxime groups is 1. The Labute approximate surface area is 133 Å². The van der Waals surface area contributed by atoms with Crippen molar-refractivity contribution in [2.45, 2.75) is 24.5 Å². The lowest BCUT2D eigenvalue weighted by atomic mass is 10.1. The van der Waals surface area contributed by atoms with Gasteiger partial charge in [-0.2, -0.15) is 0 Å². The van der Waals surface area contributed by atoms with Crippen molar-refractivity contribution in [1.29, 1.82) is 0 Å². The van der Waals surface area contributed by atoms with Gasteiger partial charge in [-0.15, -0.1) is 11.8 Å². The number of rotatable bonds is 4. The zero-order valence-corrected chi connectivity index (χ0v) is 13.5. The molecule has 3 nitrogen and oxygen atoms in total. The minimum atomic E-state index is 0.0581. The SMILES string of the molecule is Cc1cc(C)cc(CSc2ccc(/C(N)=N/O)cc2Cl)c1. The maximum atomic E-state index is 8.67. The van der Waals surface area contributed by atoms with Crippen molar-refractivity contribution in [3.8, 4) is 0 Å². The van der Waals surface area contributed by atoms with Gasteiger partial charge in [0, 0.05) is 16.2 Å². The molecule has 0 aliphatic carbocycles. The summed E-state index contributed by atoms with van der Waals surface area (Å²) in [7, 11) is 0. The molecular formula is C16H17ClN2OS. The van der Waals surface area contributed by atoms with Crippen molar-refractivity contribution in [3.63, 3.8) is 0 Å². The highest BCUT2D eigenvalue weighted by Gasteiger charge is 2.06. The number of hydrogen-bond donors (Lipinski definition) is 2. The van der Waals surface area contributed by atoms with E-state index in [4.69, 9.17) is 22.5 Å². The standard InChI is InChI=1S/C16H17ClN2OS/c1-10-5-11(2)7-12(6-10)9-21-15-4-3-13(8-14(15)17)16(18)19-20/h3-8,20H,9H2,1-2H3,(H2,18,19). The van der Waals surface area contributed by atoms with E-state index in [-0.39, 0.29) is 5.84 Å². The molecule has 0 aromatic heterocycles. The second-order valence-corrected chi connectivity index (χ2v) is 6.34. The minimum Gasteiger partial charge on any atom is -0.409 e. The largest absolute Gasteiger partial charge is 0.409 e. The predicted octanol–water partition coefficient (Wildman–Crippen LogP) is 4.34. The summed E-state index contributed by atoms with van der Waals surface area (Å²) in [5.41, 5.74) is 9.95. The topological polar surface area (TPSA) is 58.6 Å². The first-order valence-electron chi connectivity index (χ1n) is 6.47. The summed E-state index contributed by atoms with van der Waals surface area (Å²) in [4.78, 5) is 0.977. The normalized spacial score (nSPS) is 11.7. The van der Waals surface area contributed by atoms with E-state index in [1.165, 1.54) is 16.7 Å². The van der Waals surface area contributed by atoms with Crippen LogP contribution in [0.2, 0.25) is 5.02 Å². The number of nitrogens with two attached hydrogens (primary N) is 1. The summed E-state index contributed by atoms with van der Waals surface area (Å²) in [6.45, 7) is 4.19. The van der Waals surface area contributed by atoms with Gasteiger partial charge < -0.3 is 10.9 Å². The van der Waals surface area contributed by atoms with E-state index in [0.29, 0.717) is 10.6 Å². The highest BCUT2D eigenvalue weighted by atomic mass is 35.5. The van der Waals surface area contributed by atoms with E-state index in [9.17, 15) is 0 Å². The van der Waals surface area contributed by atoms with E-state index < -0.39 is 0 Å². The van der Waals surface area contributed by atoms with E-state index in [0.717, 1.165) is 10.6 Å². The van der Waals surface area contributed by atoms with Crippen LogP contribution in [0.4, 0.5) is 0 Å².